The number of non-ortho nitro benzene ring substituents is 1. The highest BCUT2D eigenvalue weighted by molar-refractivity contribution is 7.89. The lowest BCUT2D eigenvalue weighted by Gasteiger charge is -2.09. The maximum Gasteiger partial charge on any atom is 0.276 e. The molecule has 0 aliphatic carbocycles. The first-order valence-corrected chi connectivity index (χ1v) is 9.09. The summed E-state index contributed by atoms with van der Waals surface area (Å²) in [5, 5.41) is 14.3. The van der Waals surface area contributed by atoms with Crippen molar-refractivity contribution in [1.82, 2.24) is 4.83 Å². The summed E-state index contributed by atoms with van der Waals surface area (Å²) in [5.41, 5.74) is 5.27. The molecule has 3 N–H and O–H groups in total. The Kier molecular flexibility index (Phi) is 6.50. The zero-order valence-corrected chi connectivity index (χ0v) is 15.4. The number of sulfonamides is 1. The molecule has 0 bridgehead atoms. The monoisotopic (exact) mass is 408 g/mol. The van der Waals surface area contributed by atoms with E-state index >= 15 is 0 Å². The average molecular weight is 408 g/mol. The molecule has 148 valence electrons. The molecule has 2 aromatic rings. The van der Waals surface area contributed by atoms with E-state index in [4.69, 9.17) is 15.2 Å². The number of methoxy groups -OCH3 is 1. The van der Waals surface area contributed by atoms with Crippen LogP contribution < -0.4 is 20.0 Å². The van der Waals surface area contributed by atoms with E-state index in [0.29, 0.717) is 11.3 Å². The van der Waals surface area contributed by atoms with Gasteiger partial charge in [-0.3, -0.25) is 14.9 Å². The van der Waals surface area contributed by atoms with Crippen LogP contribution in [0.25, 0.3) is 0 Å². The fraction of sp³-hybridized carbons (Fsp3) is 0.125. The smallest absolute Gasteiger partial charge is 0.276 e. The van der Waals surface area contributed by atoms with Crippen LogP contribution in [0.3, 0.4) is 0 Å². The molecule has 0 saturated heterocycles. The molecule has 2 aromatic carbocycles. The summed E-state index contributed by atoms with van der Waals surface area (Å²) in [6.45, 7) is -0.321. The van der Waals surface area contributed by atoms with E-state index in [9.17, 15) is 23.3 Å². The van der Waals surface area contributed by atoms with Gasteiger partial charge in [0.05, 0.1) is 23.1 Å². The number of nitro benzene ring substituents is 1. The van der Waals surface area contributed by atoms with Crippen molar-refractivity contribution >= 4 is 27.8 Å². The number of nitro groups is 1. The lowest BCUT2D eigenvalue weighted by molar-refractivity contribution is -0.384. The Morgan fingerprint density at radius 1 is 1.25 bits per heavy atom. The molecule has 0 radical (unpaired) electrons. The summed E-state index contributed by atoms with van der Waals surface area (Å²) in [5.74, 6) is -0.0679. The summed E-state index contributed by atoms with van der Waals surface area (Å²) in [6, 6.07) is 8.94. The Bertz CT molecular complexity index is 1000. The molecule has 2 rings (SSSR count). The standard InChI is InChI=1S/C16H16N4O7S/c1-26-15-8-11(2-7-14(15)27-10-16(17)21)9-18-19-28(24,25)13-5-3-12(4-6-13)20(22)23/h2-9,19H,10H2,1H3,(H2,17,21)/b18-9+. The van der Waals surface area contributed by atoms with Crippen molar-refractivity contribution in [3.05, 3.63) is 58.1 Å². The minimum absolute atomic E-state index is 0.178. The van der Waals surface area contributed by atoms with Crippen LogP contribution in [0.1, 0.15) is 5.56 Å². The van der Waals surface area contributed by atoms with E-state index in [-0.39, 0.29) is 22.9 Å². The average Bonchev–Trinajstić information content (AvgIpc) is 2.66. The van der Waals surface area contributed by atoms with Crippen molar-refractivity contribution in [2.75, 3.05) is 13.7 Å². The molecule has 0 spiro atoms. The van der Waals surface area contributed by atoms with Crippen molar-refractivity contribution < 1.29 is 27.6 Å². The number of hydrazone groups is 1. The van der Waals surface area contributed by atoms with Gasteiger partial charge in [0.25, 0.3) is 21.6 Å². The highest BCUT2D eigenvalue weighted by Gasteiger charge is 2.15. The van der Waals surface area contributed by atoms with Gasteiger partial charge in [-0.05, 0) is 35.9 Å². The number of benzene rings is 2. The molecule has 28 heavy (non-hydrogen) atoms. The maximum atomic E-state index is 12.1. The van der Waals surface area contributed by atoms with Gasteiger partial charge in [0.1, 0.15) is 0 Å². The largest absolute Gasteiger partial charge is 0.493 e. The van der Waals surface area contributed by atoms with E-state index in [1.165, 1.54) is 25.5 Å². The maximum absolute atomic E-state index is 12.1. The molecule has 0 heterocycles. The lowest BCUT2D eigenvalue weighted by Crippen LogP contribution is -2.20. The van der Waals surface area contributed by atoms with Gasteiger partial charge in [0.15, 0.2) is 18.1 Å². The summed E-state index contributed by atoms with van der Waals surface area (Å²) >= 11 is 0. The van der Waals surface area contributed by atoms with Crippen LogP contribution in [0, 0.1) is 10.1 Å². The first-order chi connectivity index (χ1) is 13.2. The van der Waals surface area contributed by atoms with Gasteiger partial charge in [0, 0.05) is 12.1 Å². The summed E-state index contributed by atoms with van der Waals surface area (Å²) < 4.78 is 34.6. The number of nitrogens with one attached hydrogen (secondary N) is 1. The van der Waals surface area contributed by atoms with Crippen LogP contribution in [0.15, 0.2) is 52.5 Å². The minimum atomic E-state index is -3.99. The number of hydrogen-bond donors (Lipinski definition) is 2. The minimum Gasteiger partial charge on any atom is -0.493 e. The molecule has 0 fully saturated rings. The molecule has 12 heteroatoms. The van der Waals surface area contributed by atoms with Crippen molar-refractivity contribution in [1.29, 1.82) is 0 Å². The summed E-state index contributed by atoms with van der Waals surface area (Å²) in [4.78, 5) is 22.6. The third-order valence-electron chi connectivity index (χ3n) is 3.30. The second-order valence-electron chi connectivity index (χ2n) is 5.27. The van der Waals surface area contributed by atoms with E-state index in [1.54, 1.807) is 6.07 Å². The van der Waals surface area contributed by atoms with Gasteiger partial charge < -0.3 is 15.2 Å². The highest BCUT2D eigenvalue weighted by atomic mass is 32.2. The molecule has 0 unspecified atom stereocenters. The van der Waals surface area contributed by atoms with Gasteiger partial charge in [0.2, 0.25) is 0 Å². The van der Waals surface area contributed by atoms with Gasteiger partial charge in [-0.1, -0.05) is 0 Å². The number of hydrogen-bond acceptors (Lipinski definition) is 8. The Labute approximate surface area is 160 Å². The molecule has 0 aromatic heterocycles. The molecular weight excluding hydrogens is 392 g/mol. The molecular formula is C16H16N4O7S. The highest BCUT2D eigenvalue weighted by Crippen LogP contribution is 2.27. The molecule has 0 aliphatic rings. The predicted octanol–water partition coefficient (Wildman–Crippen LogP) is 0.780. The Balaban J connectivity index is 2.10. The third kappa shape index (κ3) is 5.41. The topological polar surface area (TPSA) is 163 Å². The normalized spacial score (nSPS) is 11.2. The molecule has 0 saturated carbocycles. The quantitative estimate of drug-likeness (QED) is 0.352. The Hall–Kier alpha value is -3.67. The zero-order valence-electron chi connectivity index (χ0n) is 14.6. The second kappa shape index (κ2) is 8.81. The van der Waals surface area contributed by atoms with E-state index in [2.05, 4.69) is 5.10 Å². The van der Waals surface area contributed by atoms with Gasteiger partial charge in [-0.25, -0.2) is 4.83 Å². The number of ether oxygens (including phenoxy) is 2. The van der Waals surface area contributed by atoms with Gasteiger partial charge in [-0.15, -0.1) is 0 Å². The summed E-state index contributed by atoms with van der Waals surface area (Å²) in [6.07, 6.45) is 1.23. The predicted molar refractivity (Wildman–Crippen MR) is 98.7 cm³/mol. The third-order valence-corrected chi connectivity index (χ3v) is 4.54. The number of nitrogens with zero attached hydrogens (tertiary/aromatic N) is 2. The Morgan fingerprint density at radius 3 is 2.50 bits per heavy atom. The fourth-order valence-corrected chi connectivity index (χ4v) is 2.79. The lowest BCUT2D eigenvalue weighted by atomic mass is 10.2. The van der Waals surface area contributed by atoms with Crippen LogP contribution in [0.5, 0.6) is 11.5 Å². The van der Waals surface area contributed by atoms with Crippen molar-refractivity contribution in [2.45, 2.75) is 4.90 Å². The van der Waals surface area contributed by atoms with Gasteiger partial charge in [-0.2, -0.15) is 13.5 Å². The zero-order chi connectivity index (χ0) is 20.7. The first-order valence-electron chi connectivity index (χ1n) is 7.61. The molecule has 11 nitrogen and oxygen atoms in total. The van der Waals surface area contributed by atoms with Crippen LogP contribution in [-0.4, -0.2) is 39.2 Å². The first kappa shape index (κ1) is 20.6. The van der Waals surface area contributed by atoms with E-state index in [0.717, 1.165) is 24.3 Å². The number of amides is 1. The Morgan fingerprint density at radius 2 is 1.93 bits per heavy atom. The van der Waals surface area contributed by atoms with Crippen molar-refractivity contribution in [3.8, 4) is 11.5 Å². The number of carbonyl (C=O) groups is 1. The molecule has 1 amide bonds. The van der Waals surface area contributed by atoms with E-state index < -0.39 is 20.9 Å². The number of primary amides is 1. The van der Waals surface area contributed by atoms with Gasteiger partial charge >= 0.3 is 0 Å². The molecule has 0 aliphatic heterocycles. The van der Waals surface area contributed by atoms with Crippen LogP contribution >= 0.6 is 0 Å². The number of rotatable bonds is 9. The van der Waals surface area contributed by atoms with E-state index in [1.807, 2.05) is 4.83 Å². The fourth-order valence-electron chi connectivity index (χ4n) is 2.00. The van der Waals surface area contributed by atoms with Crippen LogP contribution in [0.2, 0.25) is 0 Å². The second-order valence-corrected chi connectivity index (χ2v) is 6.93. The SMILES string of the molecule is COc1cc(/C=N/NS(=O)(=O)c2ccc([N+](=O)[O-])cc2)ccc1OCC(N)=O. The van der Waals surface area contributed by atoms with Crippen molar-refractivity contribution in [2.24, 2.45) is 10.8 Å². The summed E-state index contributed by atoms with van der Waals surface area (Å²) in [7, 11) is -2.60. The number of carbonyl (C=O) groups excluding carboxylic acids is 1. The van der Waals surface area contributed by atoms with Crippen LogP contribution in [0.4, 0.5) is 5.69 Å². The van der Waals surface area contributed by atoms with Crippen LogP contribution in [-0.2, 0) is 14.8 Å². The molecule has 0 atom stereocenters. The van der Waals surface area contributed by atoms with Crippen molar-refractivity contribution in [3.63, 3.8) is 0 Å². The number of nitrogens with two attached hydrogens (primary N) is 1.